The van der Waals surface area contributed by atoms with E-state index in [-0.39, 0.29) is 17.4 Å². The van der Waals surface area contributed by atoms with Gasteiger partial charge in [-0.3, -0.25) is 9.59 Å². The SMILES string of the molecule is CCC(C)(C)NC(=O)c1ccc(Cl)c(NC(=O)c2cccs2)c1. The number of carbonyl (C=O) groups excluding carboxylic acids is 2. The summed E-state index contributed by atoms with van der Waals surface area (Å²) in [6, 6.07) is 8.38. The zero-order chi connectivity index (χ0) is 17.0. The fourth-order valence-corrected chi connectivity index (χ4v) is 2.61. The van der Waals surface area contributed by atoms with Crippen molar-refractivity contribution in [2.75, 3.05) is 5.32 Å². The van der Waals surface area contributed by atoms with Gasteiger partial charge in [0, 0.05) is 11.1 Å². The molecule has 0 spiro atoms. The third kappa shape index (κ3) is 4.56. The third-order valence-corrected chi connectivity index (χ3v) is 4.76. The van der Waals surface area contributed by atoms with Gasteiger partial charge < -0.3 is 10.6 Å². The van der Waals surface area contributed by atoms with E-state index < -0.39 is 0 Å². The minimum atomic E-state index is -0.295. The van der Waals surface area contributed by atoms with Crippen LogP contribution in [0.3, 0.4) is 0 Å². The van der Waals surface area contributed by atoms with Crippen molar-refractivity contribution >= 4 is 40.4 Å². The highest BCUT2D eigenvalue weighted by molar-refractivity contribution is 7.12. The highest BCUT2D eigenvalue weighted by atomic mass is 35.5. The van der Waals surface area contributed by atoms with Crippen LogP contribution in [0.5, 0.6) is 0 Å². The minimum Gasteiger partial charge on any atom is -0.347 e. The van der Waals surface area contributed by atoms with E-state index >= 15 is 0 Å². The number of nitrogens with one attached hydrogen (secondary N) is 2. The van der Waals surface area contributed by atoms with Crippen molar-refractivity contribution in [2.24, 2.45) is 0 Å². The Morgan fingerprint density at radius 3 is 2.57 bits per heavy atom. The molecule has 0 saturated carbocycles. The largest absolute Gasteiger partial charge is 0.347 e. The molecular formula is C17H19ClN2O2S. The van der Waals surface area contributed by atoms with E-state index in [1.165, 1.54) is 11.3 Å². The van der Waals surface area contributed by atoms with Gasteiger partial charge in [-0.2, -0.15) is 0 Å². The summed E-state index contributed by atoms with van der Waals surface area (Å²) in [5.41, 5.74) is 0.585. The maximum absolute atomic E-state index is 12.3. The number of carbonyl (C=O) groups is 2. The molecule has 0 saturated heterocycles. The van der Waals surface area contributed by atoms with Crippen LogP contribution in [0.2, 0.25) is 5.02 Å². The Morgan fingerprint density at radius 1 is 1.22 bits per heavy atom. The van der Waals surface area contributed by atoms with Crippen LogP contribution < -0.4 is 10.6 Å². The molecule has 2 amide bonds. The Kier molecular flexibility index (Phi) is 5.44. The lowest BCUT2D eigenvalue weighted by Crippen LogP contribution is -2.42. The first-order chi connectivity index (χ1) is 10.8. The first-order valence-electron chi connectivity index (χ1n) is 7.29. The van der Waals surface area contributed by atoms with Crippen LogP contribution in [0.15, 0.2) is 35.7 Å². The van der Waals surface area contributed by atoms with Crippen molar-refractivity contribution < 1.29 is 9.59 Å². The van der Waals surface area contributed by atoms with Crippen LogP contribution in [0.4, 0.5) is 5.69 Å². The van der Waals surface area contributed by atoms with Gasteiger partial charge in [0.2, 0.25) is 0 Å². The molecule has 1 aromatic heterocycles. The maximum Gasteiger partial charge on any atom is 0.265 e. The standard InChI is InChI=1S/C17H19ClN2O2S/c1-4-17(2,3)20-15(21)11-7-8-12(18)13(10-11)19-16(22)14-6-5-9-23-14/h5-10H,4H2,1-3H3,(H,19,22)(H,20,21). The van der Waals surface area contributed by atoms with Gasteiger partial charge in [-0.05, 0) is 49.9 Å². The molecular weight excluding hydrogens is 332 g/mol. The van der Waals surface area contributed by atoms with Crippen LogP contribution in [-0.4, -0.2) is 17.4 Å². The van der Waals surface area contributed by atoms with E-state index in [2.05, 4.69) is 10.6 Å². The molecule has 2 N–H and O–H groups in total. The van der Waals surface area contributed by atoms with Gasteiger partial charge >= 0.3 is 0 Å². The first kappa shape index (κ1) is 17.5. The normalized spacial score (nSPS) is 11.1. The van der Waals surface area contributed by atoms with Gasteiger partial charge in [0.25, 0.3) is 11.8 Å². The molecule has 0 atom stereocenters. The summed E-state index contributed by atoms with van der Waals surface area (Å²) in [5, 5.41) is 7.92. The monoisotopic (exact) mass is 350 g/mol. The second-order valence-electron chi connectivity index (χ2n) is 5.82. The highest BCUT2D eigenvalue weighted by Gasteiger charge is 2.20. The summed E-state index contributed by atoms with van der Waals surface area (Å²) in [6.45, 7) is 5.93. The average Bonchev–Trinajstić information content (AvgIpc) is 3.03. The van der Waals surface area contributed by atoms with Crippen LogP contribution >= 0.6 is 22.9 Å². The second kappa shape index (κ2) is 7.15. The summed E-state index contributed by atoms with van der Waals surface area (Å²) in [4.78, 5) is 25.0. The predicted octanol–water partition coefficient (Wildman–Crippen LogP) is 4.57. The van der Waals surface area contributed by atoms with Gasteiger partial charge in [-0.15, -0.1) is 11.3 Å². The Hall–Kier alpha value is -1.85. The lowest BCUT2D eigenvalue weighted by Gasteiger charge is -2.24. The van der Waals surface area contributed by atoms with Crippen molar-refractivity contribution in [3.8, 4) is 0 Å². The molecule has 2 rings (SSSR count). The minimum absolute atomic E-state index is 0.194. The number of thiophene rings is 1. The molecule has 0 bridgehead atoms. The summed E-state index contributed by atoms with van der Waals surface area (Å²) < 4.78 is 0. The first-order valence-corrected chi connectivity index (χ1v) is 8.55. The fraction of sp³-hybridized carbons (Fsp3) is 0.294. The molecule has 1 aromatic carbocycles. The van der Waals surface area contributed by atoms with Crippen molar-refractivity contribution in [1.82, 2.24) is 5.32 Å². The van der Waals surface area contributed by atoms with Gasteiger partial charge in [0.05, 0.1) is 15.6 Å². The number of halogens is 1. The van der Waals surface area contributed by atoms with Crippen LogP contribution in [0.25, 0.3) is 0 Å². The number of amides is 2. The van der Waals surface area contributed by atoms with Gasteiger partial charge in [-0.25, -0.2) is 0 Å². The number of hydrogen-bond donors (Lipinski definition) is 2. The topological polar surface area (TPSA) is 58.2 Å². The molecule has 1 heterocycles. The molecule has 0 fully saturated rings. The quantitative estimate of drug-likeness (QED) is 0.829. The van der Waals surface area contributed by atoms with Crippen molar-refractivity contribution in [1.29, 1.82) is 0 Å². The van der Waals surface area contributed by atoms with Crippen LogP contribution in [-0.2, 0) is 0 Å². The van der Waals surface area contributed by atoms with E-state index in [9.17, 15) is 9.59 Å². The Morgan fingerprint density at radius 2 is 1.96 bits per heavy atom. The molecule has 0 aliphatic carbocycles. The van der Waals surface area contributed by atoms with Crippen LogP contribution in [0.1, 0.15) is 47.2 Å². The van der Waals surface area contributed by atoms with E-state index in [1.54, 1.807) is 30.3 Å². The van der Waals surface area contributed by atoms with E-state index in [1.807, 2.05) is 26.2 Å². The highest BCUT2D eigenvalue weighted by Crippen LogP contribution is 2.25. The molecule has 23 heavy (non-hydrogen) atoms. The lowest BCUT2D eigenvalue weighted by molar-refractivity contribution is 0.0910. The lowest BCUT2D eigenvalue weighted by atomic mass is 10.0. The molecule has 0 aliphatic heterocycles. The van der Waals surface area contributed by atoms with E-state index in [4.69, 9.17) is 11.6 Å². The van der Waals surface area contributed by atoms with Crippen molar-refractivity contribution in [3.05, 3.63) is 51.2 Å². The smallest absolute Gasteiger partial charge is 0.265 e. The predicted molar refractivity (Wildman–Crippen MR) is 95.6 cm³/mol. The Balaban J connectivity index is 2.19. The van der Waals surface area contributed by atoms with Gasteiger partial charge in [0.15, 0.2) is 0 Å². The summed E-state index contributed by atoms with van der Waals surface area (Å²) >= 11 is 7.47. The number of rotatable bonds is 5. The maximum atomic E-state index is 12.3. The molecule has 0 unspecified atom stereocenters. The Labute approximate surface area is 144 Å². The zero-order valence-corrected chi connectivity index (χ0v) is 14.8. The summed E-state index contributed by atoms with van der Waals surface area (Å²) in [7, 11) is 0. The molecule has 0 radical (unpaired) electrons. The summed E-state index contributed by atoms with van der Waals surface area (Å²) in [6.07, 6.45) is 0.814. The van der Waals surface area contributed by atoms with Crippen molar-refractivity contribution in [2.45, 2.75) is 32.7 Å². The van der Waals surface area contributed by atoms with Crippen molar-refractivity contribution in [3.63, 3.8) is 0 Å². The summed E-state index contributed by atoms with van der Waals surface area (Å²) in [5.74, 6) is -0.437. The fourth-order valence-electron chi connectivity index (χ4n) is 1.82. The molecule has 0 aliphatic rings. The third-order valence-electron chi connectivity index (χ3n) is 3.56. The number of hydrogen-bond acceptors (Lipinski definition) is 3. The average molecular weight is 351 g/mol. The molecule has 6 heteroatoms. The van der Waals surface area contributed by atoms with Crippen LogP contribution in [0, 0.1) is 0 Å². The molecule has 4 nitrogen and oxygen atoms in total. The molecule has 122 valence electrons. The molecule has 2 aromatic rings. The second-order valence-corrected chi connectivity index (χ2v) is 7.17. The number of anilines is 1. The van der Waals surface area contributed by atoms with E-state index in [0.717, 1.165) is 6.42 Å². The number of benzene rings is 1. The van der Waals surface area contributed by atoms with Gasteiger partial charge in [0.1, 0.15) is 0 Å². The Bertz CT molecular complexity index is 711. The van der Waals surface area contributed by atoms with Gasteiger partial charge in [-0.1, -0.05) is 24.6 Å². The zero-order valence-electron chi connectivity index (χ0n) is 13.3. The van der Waals surface area contributed by atoms with E-state index in [0.29, 0.717) is 21.2 Å².